The Morgan fingerprint density at radius 2 is 1.71 bits per heavy atom. The number of amides is 2. The van der Waals surface area contributed by atoms with Crippen LogP contribution in [0.5, 0.6) is 0 Å². The van der Waals surface area contributed by atoms with Gasteiger partial charge in [-0.05, 0) is 17.7 Å². The number of nitro groups is 1. The van der Waals surface area contributed by atoms with E-state index in [-0.39, 0.29) is 23.9 Å². The van der Waals surface area contributed by atoms with Gasteiger partial charge in [0.25, 0.3) is 11.6 Å². The standard InChI is InChI=1S/C20H21N3O5/c24-19(16-4-2-1-3-5-16)21-18(20(25)22-10-12-28-13-11-22)14-15-6-8-17(9-7-15)23(26)27/h1-9,18H,10-14H2,(H,21,24). The lowest BCUT2D eigenvalue weighted by Gasteiger charge is -2.31. The van der Waals surface area contributed by atoms with Gasteiger partial charge >= 0.3 is 0 Å². The zero-order valence-corrected chi connectivity index (χ0v) is 15.2. The summed E-state index contributed by atoms with van der Waals surface area (Å²) in [7, 11) is 0. The average Bonchev–Trinajstić information content (AvgIpc) is 2.74. The molecule has 28 heavy (non-hydrogen) atoms. The number of benzene rings is 2. The summed E-state index contributed by atoms with van der Waals surface area (Å²) in [4.78, 5) is 37.6. The summed E-state index contributed by atoms with van der Waals surface area (Å²) >= 11 is 0. The van der Waals surface area contributed by atoms with Crippen LogP contribution >= 0.6 is 0 Å². The van der Waals surface area contributed by atoms with Crippen LogP contribution in [0.2, 0.25) is 0 Å². The molecule has 0 radical (unpaired) electrons. The van der Waals surface area contributed by atoms with E-state index in [1.807, 2.05) is 6.07 Å². The summed E-state index contributed by atoms with van der Waals surface area (Å²) in [5, 5.41) is 13.6. The van der Waals surface area contributed by atoms with Crippen LogP contribution in [-0.2, 0) is 16.0 Å². The van der Waals surface area contributed by atoms with Crippen molar-refractivity contribution < 1.29 is 19.2 Å². The molecule has 0 bridgehead atoms. The second-order valence-corrected chi connectivity index (χ2v) is 6.46. The topological polar surface area (TPSA) is 102 Å². The summed E-state index contributed by atoms with van der Waals surface area (Å²) < 4.78 is 5.29. The van der Waals surface area contributed by atoms with Crippen LogP contribution in [0.3, 0.4) is 0 Å². The highest BCUT2D eigenvalue weighted by Crippen LogP contribution is 2.15. The number of hydrogen-bond donors (Lipinski definition) is 1. The largest absolute Gasteiger partial charge is 0.378 e. The first-order valence-electron chi connectivity index (χ1n) is 9.00. The minimum absolute atomic E-state index is 0.0203. The molecule has 1 unspecified atom stereocenters. The van der Waals surface area contributed by atoms with Crippen molar-refractivity contribution in [3.8, 4) is 0 Å². The molecule has 1 atom stereocenters. The molecular formula is C20H21N3O5. The summed E-state index contributed by atoms with van der Waals surface area (Å²) in [5.41, 5.74) is 1.17. The number of morpholine rings is 1. The van der Waals surface area contributed by atoms with E-state index in [0.717, 1.165) is 5.56 Å². The number of rotatable bonds is 6. The third kappa shape index (κ3) is 4.92. The molecule has 0 aliphatic carbocycles. The smallest absolute Gasteiger partial charge is 0.269 e. The van der Waals surface area contributed by atoms with Crippen molar-refractivity contribution in [3.05, 3.63) is 75.8 Å². The normalized spacial score (nSPS) is 14.9. The lowest BCUT2D eigenvalue weighted by Crippen LogP contribution is -2.52. The lowest BCUT2D eigenvalue weighted by molar-refractivity contribution is -0.384. The molecule has 1 aliphatic heterocycles. The maximum absolute atomic E-state index is 13.0. The van der Waals surface area contributed by atoms with Gasteiger partial charge in [0.05, 0.1) is 18.1 Å². The van der Waals surface area contributed by atoms with Gasteiger partial charge < -0.3 is 15.0 Å². The van der Waals surface area contributed by atoms with Gasteiger partial charge in [-0.25, -0.2) is 0 Å². The van der Waals surface area contributed by atoms with Gasteiger partial charge in [0.2, 0.25) is 5.91 Å². The van der Waals surface area contributed by atoms with Crippen LogP contribution in [0, 0.1) is 10.1 Å². The van der Waals surface area contributed by atoms with E-state index in [0.29, 0.717) is 31.9 Å². The maximum atomic E-state index is 13.0. The van der Waals surface area contributed by atoms with Crippen molar-refractivity contribution in [2.75, 3.05) is 26.3 Å². The number of nitrogens with zero attached hydrogens (tertiary/aromatic N) is 2. The molecule has 1 heterocycles. The molecule has 1 N–H and O–H groups in total. The number of hydrogen-bond acceptors (Lipinski definition) is 5. The summed E-state index contributed by atoms with van der Waals surface area (Å²) in [6.07, 6.45) is 0.243. The Kier molecular flexibility index (Phi) is 6.33. The van der Waals surface area contributed by atoms with Crippen LogP contribution < -0.4 is 5.32 Å². The molecule has 2 amide bonds. The van der Waals surface area contributed by atoms with E-state index in [9.17, 15) is 19.7 Å². The highest BCUT2D eigenvalue weighted by molar-refractivity contribution is 5.97. The van der Waals surface area contributed by atoms with Gasteiger partial charge in [-0.15, -0.1) is 0 Å². The van der Waals surface area contributed by atoms with Crippen LogP contribution in [-0.4, -0.2) is 54.0 Å². The average molecular weight is 383 g/mol. The van der Waals surface area contributed by atoms with Gasteiger partial charge in [0, 0.05) is 37.2 Å². The Labute approximate surface area is 162 Å². The zero-order chi connectivity index (χ0) is 19.9. The Hall–Kier alpha value is -3.26. The van der Waals surface area contributed by atoms with Gasteiger partial charge in [-0.1, -0.05) is 30.3 Å². The first kappa shape index (κ1) is 19.5. The minimum Gasteiger partial charge on any atom is -0.378 e. The van der Waals surface area contributed by atoms with Crippen molar-refractivity contribution in [1.82, 2.24) is 10.2 Å². The monoisotopic (exact) mass is 383 g/mol. The van der Waals surface area contributed by atoms with Crippen LogP contribution in [0.1, 0.15) is 15.9 Å². The Balaban J connectivity index is 1.77. The van der Waals surface area contributed by atoms with E-state index in [4.69, 9.17) is 4.74 Å². The number of nitro benzene ring substituents is 1. The number of ether oxygens (including phenoxy) is 1. The van der Waals surface area contributed by atoms with Gasteiger partial charge in [-0.3, -0.25) is 19.7 Å². The molecule has 0 spiro atoms. The predicted molar refractivity (Wildman–Crippen MR) is 102 cm³/mol. The molecule has 2 aromatic carbocycles. The van der Waals surface area contributed by atoms with Crippen molar-refractivity contribution in [2.24, 2.45) is 0 Å². The molecule has 1 aliphatic rings. The predicted octanol–water partition coefficient (Wildman–Crippen LogP) is 1.79. The summed E-state index contributed by atoms with van der Waals surface area (Å²) in [6.45, 7) is 1.86. The molecule has 0 aromatic heterocycles. The highest BCUT2D eigenvalue weighted by Gasteiger charge is 2.28. The van der Waals surface area contributed by atoms with E-state index in [2.05, 4.69) is 5.32 Å². The molecule has 8 heteroatoms. The Bertz CT molecular complexity index is 833. The molecule has 3 rings (SSSR count). The molecule has 1 saturated heterocycles. The highest BCUT2D eigenvalue weighted by atomic mass is 16.6. The molecular weight excluding hydrogens is 362 g/mol. The van der Waals surface area contributed by atoms with E-state index < -0.39 is 11.0 Å². The fraction of sp³-hybridized carbons (Fsp3) is 0.300. The lowest BCUT2D eigenvalue weighted by atomic mass is 10.0. The third-order valence-corrected chi connectivity index (χ3v) is 4.55. The van der Waals surface area contributed by atoms with Gasteiger partial charge in [-0.2, -0.15) is 0 Å². The first-order chi connectivity index (χ1) is 13.5. The van der Waals surface area contributed by atoms with E-state index >= 15 is 0 Å². The molecule has 1 fully saturated rings. The Morgan fingerprint density at radius 1 is 1.07 bits per heavy atom. The van der Waals surface area contributed by atoms with Crippen molar-refractivity contribution in [1.29, 1.82) is 0 Å². The van der Waals surface area contributed by atoms with Crippen LogP contribution in [0.15, 0.2) is 54.6 Å². The van der Waals surface area contributed by atoms with Crippen LogP contribution in [0.25, 0.3) is 0 Å². The number of nitrogens with one attached hydrogen (secondary N) is 1. The second kappa shape index (κ2) is 9.09. The van der Waals surface area contributed by atoms with Crippen LogP contribution in [0.4, 0.5) is 5.69 Å². The maximum Gasteiger partial charge on any atom is 0.269 e. The SMILES string of the molecule is O=C(NC(Cc1ccc([N+](=O)[O-])cc1)C(=O)N1CCOCC1)c1ccccc1. The first-order valence-corrected chi connectivity index (χ1v) is 9.00. The number of carbonyl (C=O) groups is 2. The summed E-state index contributed by atoms with van der Waals surface area (Å²) in [5.74, 6) is -0.528. The van der Waals surface area contributed by atoms with Crippen molar-refractivity contribution in [3.63, 3.8) is 0 Å². The Morgan fingerprint density at radius 3 is 2.32 bits per heavy atom. The molecule has 0 saturated carbocycles. The van der Waals surface area contributed by atoms with E-state index in [1.165, 1.54) is 12.1 Å². The quantitative estimate of drug-likeness (QED) is 0.605. The molecule has 146 valence electrons. The van der Waals surface area contributed by atoms with Gasteiger partial charge in [0.15, 0.2) is 0 Å². The second-order valence-electron chi connectivity index (χ2n) is 6.46. The summed E-state index contributed by atoms with van der Waals surface area (Å²) in [6, 6.07) is 13.9. The number of carbonyl (C=O) groups excluding carboxylic acids is 2. The molecule has 8 nitrogen and oxygen atoms in total. The number of non-ortho nitro benzene ring substituents is 1. The van der Waals surface area contributed by atoms with Gasteiger partial charge in [0.1, 0.15) is 6.04 Å². The minimum atomic E-state index is -0.771. The third-order valence-electron chi connectivity index (χ3n) is 4.55. The van der Waals surface area contributed by atoms with Crippen molar-refractivity contribution in [2.45, 2.75) is 12.5 Å². The zero-order valence-electron chi connectivity index (χ0n) is 15.2. The van der Waals surface area contributed by atoms with Crippen molar-refractivity contribution >= 4 is 17.5 Å². The fourth-order valence-corrected chi connectivity index (χ4v) is 3.02. The molecule has 2 aromatic rings. The van der Waals surface area contributed by atoms with E-state index in [1.54, 1.807) is 41.3 Å². The fourth-order valence-electron chi connectivity index (χ4n) is 3.02.